The Morgan fingerprint density at radius 2 is 1.79 bits per heavy atom. The van der Waals surface area contributed by atoms with Gasteiger partial charge in [0.1, 0.15) is 6.54 Å². The van der Waals surface area contributed by atoms with Crippen LogP contribution in [-0.2, 0) is 9.59 Å². The predicted molar refractivity (Wildman–Crippen MR) is 74.0 cm³/mol. The quantitative estimate of drug-likeness (QED) is 0.858. The molecule has 4 heteroatoms. The van der Waals surface area contributed by atoms with E-state index in [4.69, 9.17) is 5.11 Å². The van der Waals surface area contributed by atoms with Gasteiger partial charge in [-0.3, -0.25) is 9.59 Å². The summed E-state index contributed by atoms with van der Waals surface area (Å²) in [6.45, 7) is 5.39. The molecular formula is C15H21NO3. The highest BCUT2D eigenvalue weighted by Crippen LogP contribution is 2.19. The second-order valence-corrected chi connectivity index (χ2v) is 4.75. The first kappa shape index (κ1) is 15.2. The fourth-order valence-electron chi connectivity index (χ4n) is 1.95. The maximum atomic E-state index is 12.4. The molecule has 0 spiro atoms. The number of aliphatic carboxylic acids is 1. The number of rotatable bonds is 6. The van der Waals surface area contributed by atoms with Crippen molar-refractivity contribution in [2.75, 3.05) is 6.54 Å². The summed E-state index contributed by atoms with van der Waals surface area (Å²) in [5, 5.41) is 8.94. The van der Waals surface area contributed by atoms with Crippen LogP contribution in [0.25, 0.3) is 0 Å². The zero-order valence-corrected chi connectivity index (χ0v) is 11.7. The van der Waals surface area contributed by atoms with Crippen LogP contribution in [0.4, 0.5) is 0 Å². The van der Waals surface area contributed by atoms with E-state index in [9.17, 15) is 9.59 Å². The molecule has 0 bridgehead atoms. The number of carbonyl (C=O) groups excluding carboxylic acids is 1. The van der Waals surface area contributed by atoms with Crippen molar-refractivity contribution in [1.82, 2.24) is 4.90 Å². The number of hydrogen-bond donors (Lipinski definition) is 1. The van der Waals surface area contributed by atoms with Gasteiger partial charge in [-0.2, -0.15) is 0 Å². The van der Waals surface area contributed by atoms with Crippen LogP contribution >= 0.6 is 0 Å². The molecule has 1 amide bonds. The molecule has 0 aliphatic carbocycles. The van der Waals surface area contributed by atoms with Crippen molar-refractivity contribution in [1.29, 1.82) is 0 Å². The van der Waals surface area contributed by atoms with Crippen molar-refractivity contribution in [3.05, 3.63) is 35.9 Å². The molecule has 104 valence electrons. The summed E-state index contributed by atoms with van der Waals surface area (Å²) < 4.78 is 0. The third kappa shape index (κ3) is 4.09. The van der Waals surface area contributed by atoms with Gasteiger partial charge < -0.3 is 10.0 Å². The number of hydrogen-bond acceptors (Lipinski definition) is 2. The Hall–Kier alpha value is -1.84. The Morgan fingerprint density at radius 1 is 1.21 bits per heavy atom. The molecule has 19 heavy (non-hydrogen) atoms. The van der Waals surface area contributed by atoms with E-state index < -0.39 is 5.97 Å². The molecule has 0 aliphatic heterocycles. The largest absolute Gasteiger partial charge is 0.480 e. The third-order valence-corrected chi connectivity index (χ3v) is 3.38. The highest BCUT2D eigenvalue weighted by atomic mass is 16.4. The highest BCUT2D eigenvalue weighted by molar-refractivity contribution is 5.86. The van der Waals surface area contributed by atoms with Gasteiger partial charge in [0.15, 0.2) is 0 Å². The van der Waals surface area contributed by atoms with Gasteiger partial charge in [0.25, 0.3) is 0 Å². The van der Waals surface area contributed by atoms with E-state index in [1.807, 2.05) is 51.1 Å². The summed E-state index contributed by atoms with van der Waals surface area (Å²) in [5.41, 5.74) is 0.909. The van der Waals surface area contributed by atoms with Crippen LogP contribution in [0, 0.1) is 0 Å². The van der Waals surface area contributed by atoms with Crippen molar-refractivity contribution >= 4 is 11.9 Å². The molecule has 0 aromatic heterocycles. The molecule has 2 unspecified atom stereocenters. The predicted octanol–water partition coefficient (Wildman–Crippen LogP) is 2.50. The molecule has 0 aliphatic rings. The lowest BCUT2D eigenvalue weighted by Gasteiger charge is -2.29. The van der Waals surface area contributed by atoms with E-state index in [1.54, 1.807) is 0 Å². The lowest BCUT2D eigenvalue weighted by Crippen LogP contribution is -2.43. The maximum absolute atomic E-state index is 12.4. The summed E-state index contributed by atoms with van der Waals surface area (Å²) >= 11 is 0. The summed E-state index contributed by atoms with van der Waals surface area (Å²) in [6.07, 6.45) is 0.737. The first-order valence-electron chi connectivity index (χ1n) is 6.54. The molecule has 0 fully saturated rings. The van der Waals surface area contributed by atoms with Crippen molar-refractivity contribution in [2.24, 2.45) is 0 Å². The molecule has 1 aromatic carbocycles. The van der Waals surface area contributed by atoms with Gasteiger partial charge in [-0.15, -0.1) is 0 Å². The molecule has 0 saturated carbocycles. The Kier molecular flexibility index (Phi) is 5.55. The maximum Gasteiger partial charge on any atom is 0.323 e. The number of nitrogens with zero attached hydrogens (tertiary/aromatic N) is 1. The second kappa shape index (κ2) is 6.92. The Bertz CT molecular complexity index is 430. The average Bonchev–Trinajstić information content (AvgIpc) is 2.43. The Balaban J connectivity index is 2.90. The first-order valence-corrected chi connectivity index (χ1v) is 6.54. The molecule has 4 nitrogen and oxygen atoms in total. The van der Waals surface area contributed by atoms with Gasteiger partial charge in [-0.1, -0.05) is 37.3 Å². The Labute approximate surface area is 114 Å². The molecule has 2 atom stereocenters. The monoisotopic (exact) mass is 263 g/mol. The molecular weight excluding hydrogens is 242 g/mol. The molecule has 0 saturated heterocycles. The zero-order chi connectivity index (χ0) is 14.4. The zero-order valence-electron chi connectivity index (χ0n) is 11.7. The van der Waals surface area contributed by atoms with Gasteiger partial charge in [0.2, 0.25) is 5.91 Å². The number of carboxylic acids is 1. The van der Waals surface area contributed by atoms with Crippen LogP contribution in [0.5, 0.6) is 0 Å². The summed E-state index contributed by atoms with van der Waals surface area (Å²) in [4.78, 5) is 24.8. The molecule has 0 heterocycles. The van der Waals surface area contributed by atoms with Crippen LogP contribution in [0.1, 0.15) is 38.7 Å². The van der Waals surface area contributed by atoms with E-state index >= 15 is 0 Å². The van der Waals surface area contributed by atoms with E-state index in [-0.39, 0.29) is 24.4 Å². The first-order chi connectivity index (χ1) is 8.97. The van der Waals surface area contributed by atoms with Gasteiger partial charge in [0.05, 0.1) is 5.92 Å². The van der Waals surface area contributed by atoms with Gasteiger partial charge >= 0.3 is 5.97 Å². The molecule has 1 N–H and O–H groups in total. The number of carboxylic acid groups (broad SMARTS) is 1. The second-order valence-electron chi connectivity index (χ2n) is 4.75. The van der Waals surface area contributed by atoms with Crippen LogP contribution in [0.3, 0.4) is 0 Å². The summed E-state index contributed by atoms with van der Waals surface area (Å²) in [7, 11) is 0. The summed E-state index contributed by atoms with van der Waals surface area (Å²) in [6, 6.07) is 9.35. The van der Waals surface area contributed by atoms with E-state index in [2.05, 4.69) is 0 Å². The van der Waals surface area contributed by atoms with Crippen molar-refractivity contribution in [3.8, 4) is 0 Å². The van der Waals surface area contributed by atoms with Crippen LogP contribution in [-0.4, -0.2) is 34.5 Å². The minimum atomic E-state index is -0.978. The topological polar surface area (TPSA) is 57.6 Å². The number of carbonyl (C=O) groups is 2. The molecule has 1 rings (SSSR count). The minimum absolute atomic E-state index is 0.0743. The molecule has 0 radical (unpaired) electrons. The average molecular weight is 263 g/mol. The third-order valence-electron chi connectivity index (χ3n) is 3.38. The smallest absolute Gasteiger partial charge is 0.323 e. The summed E-state index contributed by atoms with van der Waals surface area (Å²) in [5.74, 6) is -1.44. The SMILES string of the molecule is CCC(C)N(CC(=O)O)C(=O)C(C)c1ccccc1. The number of amides is 1. The fourth-order valence-corrected chi connectivity index (χ4v) is 1.95. The van der Waals surface area contributed by atoms with E-state index in [0.717, 1.165) is 12.0 Å². The standard InChI is InChI=1S/C15H21NO3/c1-4-11(2)16(10-14(17)18)15(19)12(3)13-8-6-5-7-9-13/h5-9,11-12H,4,10H2,1-3H3,(H,17,18). The lowest BCUT2D eigenvalue weighted by molar-refractivity contribution is -0.146. The number of benzene rings is 1. The molecule has 1 aromatic rings. The fraction of sp³-hybridized carbons (Fsp3) is 0.467. The van der Waals surface area contributed by atoms with Crippen molar-refractivity contribution in [3.63, 3.8) is 0 Å². The van der Waals surface area contributed by atoms with Crippen molar-refractivity contribution < 1.29 is 14.7 Å². The minimum Gasteiger partial charge on any atom is -0.480 e. The van der Waals surface area contributed by atoms with E-state index in [0.29, 0.717) is 0 Å². The van der Waals surface area contributed by atoms with Crippen LogP contribution < -0.4 is 0 Å². The van der Waals surface area contributed by atoms with Crippen LogP contribution in [0.2, 0.25) is 0 Å². The Morgan fingerprint density at radius 3 is 2.26 bits per heavy atom. The van der Waals surface area contributed by atoms with E-state index in [1.165, 1.54) is 4.90 Å². The van der Waals surface area contributed by atoms with Crippen molar-refractivity contribution in [2.45, 2.75) is 39.2 Å². The normalized spacial score (nSPS) is 13.6. The van der Waals surface area contributed by atoms with Crippen LogP contribution in [0.15, 0.2) is 30.3 Å². The van der Waals surface area contributed by atoms with Gasteiger partial charge in [-0.05, 0) is 25.8 Å². The highest BCUT2D eigenvalue weighted by Gasteiger charge is 2.26. The van der Waals surface area contributed by atoms with Gasteiger partial charge in [0, 0.05) is 6.04 Å². The lowest BCUT2D eigenvalue weighted by atomic mass is 9.99. The van der Waals surface area contributed by atoms with Gasteiger partial charge in [-0.25, -0.2) is 0 Å².